The van der Waals surface area contributed by atoms with Crippen LogP contribution in [0.2, 0.25) is 0 Å². The number of benzene rings is 1. The average molecular weight is 374 g/mol. The Balaban J connectivity index is 1.85. The standard InChI is InChI=1S/C20H27FN4O2/c1-13-11-17-18(14(2)27-13)22-23-19(17)20(26)25(10-9-24(3)4)12-15-5-7-16(21)8-6-15/h5-8,13-14H,9-12H2,1-4H3,(H,22,23)/t13-,14+/m1/s1. The molecule has 0 radical (unpaired) electrons. The van der Waals surface area contributed by atoms with Gasteiger partial charge in [0.05, 0.1) is 17.9 Å². The highest BCUT2D eigenvalue weighted by molar-refractivity contribution is 5.94. The Morgan fingerprint density at radius 3 is 2.63 bits per heavy atom. The maximum atomic E-state index is 13.3. The summed E-state index contributed by atoms with van der Waals surface area (Å²) >= 11 is 0. The first-order chi connectivity index (χ1) is 12.8. The van der Waals surface area contributed by atoms with E-state index in [1.54, 1.807) is 17.0 Å². The molecule has 0 spiro atoms. The number of rotatable bonds is 6. The summed E-state index contributed by atoms with van der Waals surface area (Å²) in [6, 6.07) is 6.26. The predicted octanol–water partition coefficient (Wildman–Crippen LogP) is 2.78. The lowest BCUT2D eigenvalue weighted by atomic mass is 9.99. The maximum Gasteiger partial charge on any atom is 0.274 e. The van der Waals surface area contributed by atoms with E-state index in [2.05, 4.69) is 10.2 Å². The molecule has 2 aromatic rings. The van der Waals surface area contributed by atoms with Crippen molar-refractivity contribution in [1.29, 1.82) is 0 Å². The molecular weight excluding hydrogens is 347 g/mol. The first-order valence-electron chi connectivity index (χ1n) is 9.26. The van der Waals surface area contributed by atoms with E-state index in [0.29, 0.717) is 25.2 Å². The molecule has 146 valence electrons. The molecule has 3 rings (SSSR count). The molecule has 1 N–H and O–H groups in total. The van der Waals surface area contributed by atoms with Gasteiger partial charge in [0.15, 0.2) is 5.69 Å². The van der Waals surface area contributed by atoms with Crippen molar-refractivity contribution < 1.29 is 13.9 Å². The van der Waals surface area contributed by atoms with Crippen LogP contribution in [0.1, 0.15) is 47.3 Å². The van der Waals surface area contributed by atoms with Crippen LogP contribution in [0.25, 0.3) is 0 Å². The van der Waals surface area contributed by atoms with Crippen LogP contribution in [0.3, 0.4) is 0 Å². The predicted molar refractivity (Wildman–Crippen MR) is 101 cm³/mol. The summed E-state index contributed by atoms with van der Waals surface area (Å²) in [5.74, 6) is -0.394. The third kappa shape index (κ3) is 4.54. The van der Waals surface area contributed by atoms with Gasteiger partial charge >= 0.3 is 0 Å². The zero-order valence-corrected chi connectivity index (χ0v) is 16.3. The third-order valence-corrected chi connectivity index (χ3v) is 4.83. The fourth-order valence-corrected chi connectivity index (χ4v) is 3.38. The molecule has 1 aliphatic rings. The monoisotopic (exact) mass is 374 g/mol. The first-order valence-corrected chi connectivity index (χ1v) is 9.26. The van der Waals surface area contributed by atoms with E-state index < -0.39 is 0 Å². The highest BCUT2D eigenvalue weighted by Gasteiger charge is 2.31. The summed E-state index contributed by atoms with van der Waals surface area (Å²) in [5, 5.41) is 7.30. The number of nitrogens with one attached hydrogen (secondary N) is 1. The van der Waals surface area contributed by atoms with Gasteiger partial charge in [0, 0.05) is 31.6 Å². The van der Waals surface area contributed by atoms with Gasteiger partial charge < -0.3 is 14.5 Å². The molecule has 2 atom stereocenters. The number of hydrogen-bond acceptors (Lipinski definition) is 4. The lowest BCUT2D eigenvalue weighted by molar-refractivity contribution is -0.00702. The number of aromatic amines is 1. The number of nitrogens with zero attached hydrogens (tertiary/aromatic N) is 3. The van der Waals surface area contributed by atoms with Gasteiger partial charge in [-0.25, -0.2) is 4.39 Å². The van der Waals surface area contributed by atoms with Crippen LogP contribution >= 0.6 is 0 Å². The van der Waals surface area contributed by atoms with Gasteiger partial charge in [-0.3, -0.25) is 9.89 Å². The molecule has 2 heterocycles. The van der Waals surface area contributed by atoms with Crippen molar-refractivity contribution in [3.8, 4) is 0 Å². The number of halogens is 1. The first kappa shape index (κ1) is 19.5. The zero-order valence-electron chi connectivity index (χ0n) is 16.3. The molecule has 0 bridgehead atoms. The summed E-state index contributed by atoms with van der Waals surface area (Å²) < 4.78 is 19.0. The summed E-state index contributed by atoms with van der Waals surface area (Å²) in [7, 11) is 3.94. The van der Waals surface area contributed by atoms with Crippen LogP contribution in [-0.2, 0) is 17.7 Å². The second kappa shape index (κ2) is 8.19. The lowest BCUT2D eigenvalue weighted by Gasteiger charge is -2.27. The molecular formula is C20H27FN4O2. The van der Waals surface area contributed by atoms with Crippen LogP contribution in [0.5, 0.6) is 0 Å². The van der Waals surface area contributed by atoms with Crippen molar-refractivity contribution in [2.75, 3.05) is 27.2 Å². The molecule has 0 fully saturated rings. The number of carbonyl (C=O) groups excluding carboxylic acids is 1. The van der Waals surface area contributed by atoms with Crippen LogP contribution < -0.4 is 0 Å². The van der Waals surface area contributed by atoms with Crippen molar-refractivity contribution in [3.05, 3.63) is 52.6 Å². The van der Waals surface area contributed by atoms with Crippen molar-refractivity contribution in [2.24, 2.45) is 0 Å². The quantitative estimate of drug-likeness (QED) is 0.845. The fraction of sp³-hybridized carbons (Fsp3) is 0.500. The fourth-order valence-electron chi connectivity index (χ4n) is 3.38. The van der Waals surface area contributed by atoms with Crippen LogP contribution in [0.4, 0.5) is 4.39 Å². The lowest BCUT2D eigenvalue weighted by Crippen LogP contribution is -2.37. The van der Waals surface area contributed by atoms with Crippen molar-refractivity contribution in [3.63, 3.8) is 0 Å². The topological polar surface area (TPSA) is 61.5 Å². The highest BCUT2D eigenvalue weighted by Crippen LogP contribution is 2.30. The summed E-state index contributed by atoms with van der Waals surface area (Å²) in [6.45, 7) is 5.67. The molecule has 0 saturated heterocycles. The van der Waals surface area contributed by atoms with Gasteiger partial charge in [0.2, 0.25) is 0 Å². The van der Waals surface area contributed by atoms with Crippen LogP contribution in [-0.4, -0.2) is 59.2 Å². The van der Waals surface area contributed by atoms with Gasteiger partial charge in [-0.05, 0) is 45.6 Å². The van der Waals surface area contributed by atoms with Gasteiger partial charge in [0.25, 0.3) is 5.91 Å². The van der Waals surface area contributed by atoms with E-state index in [4.69, 9.17) is 4.74 Å². The van der Waals surface area contributed by atoms with E-state index >= 15 is 0 Å². The van der Waals surface area contributed by atoms with Crippen LogP contribution in [0, 0.1) is 5.82 Å². The Bertz CT molecular complexity index is 788. The molecule has 6 nitrogen and oxygen atoms in total. The minimum absolute atomic E-state index is 0.0453. The van der Waals surface area contributed by atoms with Gasteiger partial charge in [-0.2, -0.15) is 5.10 Å². The third-order valence-electron chi connectivity index (χ3n) is 4.83. The molecule has 1 amide bonds. The number of fused-ring (bicyclic) bond motifs is 1. The van der Waals surface area contributed by atoms with Gasteiger partial charge in [-0.1, -0.05) is 12.1 Å². The second-order valence-electron chi connectivity index (χ2n) is 7.41. The number of hydrogen-bond donors (Lipinski definition) is 1. The molecule has 7 heteroatoms. The maximum absolute atomic E-state index is 13.3. The molecule has 1 aromatic carbocycles. The van der Waals surface area contributed by atoms with E-state index in [1.165, 1.54) is 12.1 Å². The molecule has 0 saturated carbocycles. The summed E-state index contributed by atoms with van der Waals surface area (Å²) in [4.78, 5) is 17.1. The van der Waals surface area contributed by atoms with E-state index in [0.717, 1.165) is 23.4 Å². The van der Waals surface area contributed by atoms with E-state index in [1.807, 2.05) is 32.8 Å². The van der Waals surface area contributed by atoms with Crippen molar-refractivity contribution >= 4 is 5.91 Å². The Hall–Kier alpha value is -2.25. The van der Waals surface area contributed by atoms with Gasteiger partial charge in [0.1, 0.15) is 5.82 Å². The Morgan fingerprint density at radius 2 is 1.96 bits per heavy atom. The zero-order chi connectivity index (χ0) is 19.6. The van der Waals surface area contributed by atoms with Gasteiger partial charge in [-0.15, -0.1) is 0 Å². The largest absolute Gasteiger partial charge is 0.369 e. The smallest absolute Gasteiger partial charge is 0.274 e. The molecule has 1 aromatic heterocycles. The number of H-pyrrole nitrogens is 1. The number of carbonyl (C=O) groups is 1. The SMILES string of the molecule is C[C@@H]1Cc2c(C(=O)N(CCN(C)C)Cc3ccc(F)cc3)n[nH]c2[C@H](C)O1. The minimum Gasteiger partial charge on any atom is -0.369 e. The van der Waals surface area contributed by atoms with Crippen molar-refractivity contribution in [1.82, 2.24) is 20.0 Å². The Morgan fingerprint density at radius 1 is 1.26 bits per heavy atom. The van der Waals surface area contributed by atoms with Crippen molar-refractivity contribution in [2.45, 2.75) is 39.0 Å². The van der Waals surface area contributed by atoms with E-state index in [9.17, 15) is 9.18 Å². The molecule has 0 aliphatic carbocycles. The average Bonchev–Trinajstić information content (AvgIpc) is 3.03. The highest BCUT2D eigenvalue weighted by atomic mass is 19.1. The summed E-state index contributed by atoms with van der Waals surface area (Å²) in [5.41, 5.74) is 3.18. The normalized spacial score (nSPS) is 19.2. The minimum atomic E-state index is -0.283. The molecule has 0 unspecified atom stereocenters. The van der Waals surface area contributed by atoms with Crippen LogP contribution in [0.15, 0.2) is 24.3 Å². The van der Waals surface area contributed by atoms with E-state index in [-0.39, 0.29) is 23.9 Å². The number of ether oxygens (including phenoxy) is 1. The number of aromatic nitrogens is 2. The molecule has 27 heavy (non-hydrogen) atoms. The number of likely N-dealkylation sites (N-methyl/N-ethyl adjacent to an activating group) is 1. The molecule has 1 aliphatic heterocycles. The summed E-state index contributed by atoms with van der Waals surface area (Å²) in [6.07, 6.45) is 0.601. The Labute approximate surface area is 159 Å². The Kier molecular flexibility index (Phi) is 5.92. The number of amides is 1. The second-order valence-corrected chi connectivity index (χ2v) is 7.41.